The summed E-state index contributed by atoms with van der Waals surface area (Å²) in [6.07, 6.45) is 6.91. The van der Waals surface area contributed by atoms with Crippen molar-refractivity contribution in [3.63, 3.8) is 0 Å². The molecule has 4 fully saturated rings. The van der Waals surface area contributed by atoms with Crippen LogP contribution in [0.15, 0.2) is 18.2 Å². The SMILES string of the molecule is Nc1nc2c(-c3cc4nc(OCC56CCCN5CCC6)nc(N5CC6CCC(C5)N6)c4nc3O)ccc(F)c2s1. The summed E-state index contributed by atoms with van der Waals surface area (Å²) in [7, 11) is 0. The zero-order valence-corrected chi connectivity index (χ0v) is 22.9. The number of hydrogen-bond donors (Lipinski definition) is 3. The number of nitrogens with two attached hydrogens (primary N) is 1. The monoisotopic (exact) mass is 562 g/mol. The van der Waals surface area contributed by atoms with Crippen molar-refractivity contribution in [1.29, 1.82) is 0 Å². The molecule has 1 aromatic carbocycles. The van der Waals surface area contributed by atoms with Crippen molar-refractivity contribution in [3.8, 4) is 23.0 Å². The van der Waals surface area contributed by atoms with Crippen molar-refractivity contribution in [1.82, 2.24) is 30.2 Å². The summed E-state index contributed by atoms with van der Waals surface area (Å²) in [4.78, 5) is 23.5. The van der Waals surface area contributed by atoms with Crippen molar-refractivity contribution in [2.45, 2.75) is 56.1 Å². The van der Waals surface area contributed by atoms with E-state index >= 15 is 0 Å². The Hall–Kier alpha value is -3.35. The number of aromatic nitrogens is 4. The summed E-state index contributed by atoms with van der Waals surface area (Å²) in [5.41, 5.74) is 8.42. The highest BCUT2D eigenvalue weighted by Gasteiger charge is 2.45. The Balaban J connectivity index is 1.24. The number of aromatic hydroxyl groups is 1. The van der Waals surface area contributed by atoms with Gasteiger partial charge in [0.1, 0.15) is 17.9 Å². The molecule has 0 amide bonds. The molecule has 3 aromatic heterocycles. The van der Waals surface area contributed by atoms with Gasteiger partial charge in [0.05, 0.1) is 21.3 Å². The third kappa shape index (κ3) is 3.87. The van der Waals surface area contributed by atoms with Crippen LogP contribution in [0.3, 0.4) is 0 Å². The minimum Gasteiger partial charge on any atom is -0.493 e. The molecule has 0 saturated carbocycles. The summed E-state index contributed by atoms with van der Waals surface area (Å²) in [6, 6.07) is 5.86. The summed E-state index contributed by atoms with van der Waals surface area (Å²) >= 11 is 1.08. The van der Waals surface area contributed by atoms with Gasteiger partial charge in [-0.05, 0) is 69.8 Å². The van der Waals surface area contributed by atoms with Gasteiger partial charge < -0.3 is 25.8 Å². The lowest BCUT2D eigenvalue weighted by molar-refractivity contribution is 0.108. The fourth-order valence-corrected chi connectivity index (χ4v) is 8.10. The van der Waals surface area contributed by atoms with Gasteiger partial charge in [0.25, 0.3) is 0 Å². The molecule has 8 rings (SSSR count). The van der Waals surface area contributed by atoms with Crippen molar-refractivity contribution in [3.05, 3.63) is 24.0 Å². The lowest BCUT2D eigenvalue weighted by atomic mass is 9.95. The smallest absolute Gasteiger partial charge is 0.319 e. The summed E-state index contributed by atoms with van der Waals surface area (Å²) in [6.45, 7) is 4.41. The zero-order chi connectivity index (χ0) is 27.0. The number of thiazole rings is 1. The van der Waals surface area contributed by atoms with Crippen LogP contribution in [0.1, 0.15) is 38.5 Å². The lowest BCUT2D eigenvalue weighted by Crippen LogP contribution is -2.51. The predicted molar refractivity (Wildman–Crippen MR) is 152 cm³/mol. The van der Waals surface area contributed by atoms with Crippen LogP contribution in [-0.2, 0) is 0 Å². The van der Waals surface area contributed by atoms with Gasteiger partial charge in [-0.3, -0.25) is 4.90 Å². The topological polar surface area (TPSA) is 126 Å². The van der Waals surface area contributed by atoms with E-state index in [4.69, 9.17) is 20.4 Å². The van der Waals surface area contributed by atoms with Crippen molar-refractivity contribution in [2.75, 3.05) is 43.4 Å². The molecule has 4 aromatic rings. The van der Waals surface area contributed by atoms with Gasteiger partial charge in [-0.25, -0.2) is 14.4 Å². The molecule has 0 radical (unpaired) electrons. The molecule has 0 aliphatic carbocycles. The van der Waals surface area contributed by atoms with E-state index in [0.29, 0.717) is 62.9 Å². The molecular weight excluding hydrogens is 531 g/mol. The first-order chi connectivity index (χ1) is 19.5. The zero-order valence-electron chi connectivity index (χ0n) is 22.1. The highest BCUT2D eigenvalue weighted by molar-refractivity contribution is 7.22. The van der Waals surface area contributed by atoms with E-state index in [9.17, 15) is 9.50 Å². The first-order valence-electron chi connectivity index (χ1n) is 14.1. The number of hydrogen-bond acceptors (Lipinski definition) is 11. The molecule has 4 N–H and O–H groups in total. The fourth-order valence-electron chi connectivity index (χ4n) is 7.34. The Labute approximate surface area is 234 Å². The lowest BCUT2D eigenvalue weighted by Gasteiger charge is -2.34. The van der Waals surface area contributed by atoms with Crippen LogP contribution in [0, 0.1) is 5.82 Å². The van der Waals surface area contributed by atoms with E-state index in [1.807, 2.05) is 0 Å². The van der Waals surface area contributed by atoms with Crippen LogP contribution in [0.2, 0.25) is 0 Å². The second kappa shape index (κ2) is 9.08. The predicted octanol–water partition coefficient (Wildman–Crippen LogP) is 3.68. The molecule has 7 heterocycles. The van der Waals surface area contributed by atoms with Crippen LogP contribution in [0.25, 0.3) is 32.4 Å². The molecule has 12 heteroatoms. The highest BCUT2D eigenvalue weighted by atomic mass is 32.1. The molecule has 4 saturated heterocycles. The van der Waals surface area contributed by atoms with Gasteiger partial charge in [0.2, 0.25) is 5.88 Å². The summed E-state index contributed by atoms with van der Waals surface area (Å²) < 4.78 is 21.3. The first-order valence-corrected chi connectivity index (χ1v) is 14.9. The van der Waals surface area contributed by atoms with Crippen LogP contribution in [0.5, 0.6) is 11.9 Å². The maximum Gasteiger partial charge on any atom is 0.319 e. The Bertz CT molecular complexity index is 1620. The third-order valence-electron chi connectivity index (χ3n) is 9.21. The average molecular weight is 563 g/mol. The highest BCUT2D eigenvalue weighted by Crippen LogP contribution is 2.41. The normalized spacial score (nSPS) is 23.9. The number of nitrogens with one attached hydrogen (secondary N) is 1. The maximum absolute atomic E-state index is 14.5. The number of anilines is 2. The van der Waals surface area contributed by atoms with Crippen LogP contribution < -0.4 is 20.7 Å². The van der Waals surface area contributed by atoms with Crippen LogP contribution in [-0.4, -0.2) is 80.4 Å². The van der Waals surface area contributed by atoms with Crippen molar-refractivity contribution < 1.29 is 14.2 Å². The van der Waals surface area contributed by atoms with E-state index in [1.165, 1.54) is 18.9 Å². The van der Waals surface area contributed by atoms with E-state index in [1.54, 1.807) is 12.1 Å². The molecule has 10 nitrogen and oxygen atoms in total. The van der Waals surface area contributed by atoms with Crippen molar-refractivity contribution in [2.24, 2.45) is 0 Å². The number of nitrogen functional groups attached to an aromatic ring is 1. The van der Waals surface area contributed by atoms with Crippen LogP contribution >= 0.6 is 11.3 Å². The van der Waals surface area contributed by atoms with E-state index < -0.39 is 5.82 Å². The van der Waals surface area contributed by atoms with Gasteiger partial charge in [-0.1, -0.05) is 11.3 Å². The van der Waals surface area contributed by atoms with Gasteiger partial charge in [0.15, 0.2) is 10.9 Å². The molecule has 2 unspecified atom stereocenters. The largest absolute Gasteiger partial charge is 0.493 e. The molecule has 0 spiro atoms. The quantitative estimate of drug-likeness (QED) is 0.332. The standard InChI is InChI=1S/C28H31FN8O2S/c29-19-6-5-17(21-23(19)40-26(30)34-21)18-11-20-22(33-25(18)38)24(36-12-15-3-4-16(13-36)31-15)35-27(32-20)39-14-28-7-1-9-37(28)10-2-8-28/h5-6,11,15-16,31H,1-4,7-10,12-14H2,(H2,30,34)(H,33,38). The summed E-state index contributed by atoms with van der Waals surface area (Å²) in [5, 5.41) is 15.1. The van der Waals surface area contributed by atoms with Crippen molar-refractivity contribution >= 4 is 43.5 Å². The van der Waals surface area contributed by atoms with Gasteiger partial charge >= 0.3 is 6.01 Å². The number of benzene rings is 1. The molecule has 4 aliphatic rings. The minimum atomic E-state index is -0.401. The molecule has 208 valence electrons. The van der Waals surface area contributed by atoms with Gasteiger partial charge in [-0.15, -0.1) is 0 Å². The van der Waals surface area contributed by atoms with Crippen LogP contribution in [0.4, 0.5) is 15.3 Å². The first kappa shape index (κ1) is 24.4. The minimum absolute atomic E-state index is 0.0647. The number of halogens is 1. The van der Waals surface area contributed by atoms with E-state index in [-0.39, 0.29) is 16.6 Å². The third-order valence-corrected chi connectivity index (χ3v) is 10.1. The number of nitrogens with zero attached hydrogens (tertiary/aromatic N) is 6. The van der Waals surface area contributed by atoms with E-state index in [0.717, 1.165) is 63.2 Å². The molecule has 4 aliphatic heterocycles. The Kier molecular flexibility index (Phi) is 5.55. The number of pyridine rings is 1. The molecule has 2 bridgehead atoms. The molecular formula is C28H31FN8O2S. The Morgan fingerprint density at radius 2 is 1.82 bits per heavy atom. The fraction of sp³-hybridized carbons (Fsp3) is 0.500. The number of rotatable bonds is 5. The van der Waals surface area contributed by atoms with Gasteiger partial charge in [0, 0.05) is 36.3 Å². The number of ether oxygens (including phenoxy) is 1. The average Bonchev–Trinajstić information content (AvgIpc) is 3.70. The summed E-state index contributed by atoms with van der Waals surface area (Å²) in [5.74, 6) is 0.0896. The molecule has 40 heavy (non-hydrogen) atoms. The second-order valence-corrected chi connectivity index (χ2v) is 12.7. The Morgan fingerprint density at radius 3 is 2.60 bits per heavy atom. The maximum atomic E-state index is 14.5. The van der Waals surface area contributed by atoms with Gasteiger partial charge in [-0.2, -0.15) is 9.97 Å². The molecule has 2 atom stereocenters. The number of fused-ring (bicyclic) bond motifs is 5. The Morgan fingerprint density at radius 1 is 1.05 bits per heavy atom. The van der Waals surface area contributed by atoms with E-state index in [2.05, 4.69) is 25.1 Å². The number of piperazine rings is 1. The second-order valence-electron chi connectivity index (χ2n) is 11.6.